The van der Waals surface area contributed by atoms with Crippen LogP contribution in [0.2, 0.25) is 0 Å². The molecule has 1 aliphatic heterocycles. The summed E-state index contributed by atoms with van der Waals surface area (Å²) in [5, 5.41) is 4.68. The SMILES string of the molecule is O=C1NC2(CC(c3ccccc3Br)C2)C(=O)N1c1cncc2ccccc12. The highest BCUT2D eigenvalue weighted by molar-refractivity contribution is 9.10. The zero-order valence-corrected chi connectivity index (χ0v) is 15.9. The molecule has 1 spiro atoms. The number of halogens is 1. The van der Waals surface area contributed by atoms with Crippen molar-refractivity contribution in [3.63, 3.8) is 0 Å². The summed E-state index contributed by atoms with van der Waals surface area (Å²) >= 11 is 3.58. The average Bonchev–Trinajstić information content (AvgIpc) is 2.91. The summed E-state index contributed by atoms with van der Waals surface area (Å²) < 4.78 is 1.04. The second-order valence-electron chi connectivity index (χ2n) is 7.16. The number of pyridine rings is 1. The number of carbonyl (C=O) groups is 2. The molecule has 134 valence electrons. The summed E-state index contributed by atoms with van der Waals surface area (Å²) in [5.74, 6) is 0.0596. The molecule has 5 nitrogen and oxygen atoms in total. The van der Waals surface area contributed by atoms with E-state index in [0.717, 1.165) is 15.2 Å². The minimum absolute atomic E-state index is 0.186. The van der Waals surface area contributed by atoms with Gasteiger partial charge in [0.25, 0.3) is 5.91 Å². The number of benzene rings is 2. The fourth-order valence-electron chi connectivity index (χ4n) is 4.20. The zero-order valence-electron chi connectivity index (χ0n) is 14.4. The lowest BCUT2D eigenvalue weighted by atomic mass is 9.65. The molecule has 0 bridgehead atoms. The standard InChI is InChI=1S/C21H16BrN3O2/c22-17-8-4-3-6-15(17)14-9-21(10-14)19(26)25(20(27)24-21)18-12-23-11-13-5-1-2-7-16(13)18/h1-8,11-12,14H,9-10H2,(H,24,27). The molecule has 2 aliphatic rings. The molecule has 1 N–H and O–H groups in total. The number of anilines is 1. The average molecular weight is 422 g/mol. The molecule has 2 aromatic carbocycles. The van der Waals surface area contributed by atoms with Gasteiger partial charge in [-0.3, -0.25) is 9.78 Å². The van der Waals surface area contributed by atoms with Gasteiger partial charge in [0.2, 0.25) is 0 Å². The van der Waals surface area contributed by atoms with Gasteiger partial charge in [-0.1, -0.05) is 58.4 Å². The highest BCUT2D eigenvalue weighted by Crippen LogP contribution is 2.50. The molecule has 1 saturated carbocycles. The van der Waals surface area contributed by atoms with Gasteiger partial charge in [0.1, 0.15) is 5.54 Å². The molecule has 2 fully saturated rings. The number of aromatic nitrogens is 1. The first kappa shape index (κ1) is 16.4. The van der Waals surface area contributed by atoms with Crippen molar-refractivity contribution >= 4 is 44.3 Å². The van der Waals surface area contributed by atoms with Crippen LogP contribution < -0.4 is 10.2 Å². The summed E-state index contributed by atoms with van der Waals surface area (Å²) in [6.45, 7) is 0. The maximum Gasteiger partial charge on any atom is 0.329 e. The van der Waals surface area contributed by atoms with Gasteiger partial charge in [-0.05, 0) is 30.4 Å². The molecule has 0 radical (unpaired) electrons. The van der Waals surface area contributed by atoms with Gasteiger partial charge in [0.15, 0.2) is 0 Å². The van der Waals surface area contributed by atoms with Gasteiger partial charge in [-0.25, -0.2) is 9.69 Å². The minimum atomic E-state index is -0.812. The smallest absolute Gasteiger partial charge is 0.323 e. The van der Waals surface area contributed by atoms with E-state index in [2.05, 4.69) is 32.3 Å². The Morgan fingerprint density at radius 1 is 1.04 bits per heavy atom. The third-order valence-electron chi connectivity index (χ3n) is 5.58. The van der Waals surface area contributed by atoms with Crippen molar-refractivity contribution < 1.29 is 9.59 Å². The van der Waals surface area contributed by atoms with Gasteiger partial charge in [-0.2, -0.15) is 0 Å². The van der Waals surface area contributed by atoms with Gasteiger partial charge >= 0.3 is 6.03 Å². The summed E-state index contributed by atoms with van der Waals surface area (Å²) in [5.41, 5.74) is 0.904. The molecular weight excluding hydrogens is 406 g/mol. The molecule has 3 aromatic rings. The van der Waals surface area contributed by atoms with E-state index in [4.69, 9.17) is 0 Å². The van der Waals surface area contributed by atoms with E-state index >= 15 is 0 Å². The van der Waals surface area contributed by atoms with Crippen molar-refractivity contribution in [3.8, 4) is 0 Å². The van der Waals surface area contributed by atoms with Gasteiger partial charge < -0.3 is 5.32 Å². The number of nitrogens with zero attached hydrogens (tertiary/aromatic N) is 2. The largest absolute Gasteiger partial charge is 0.329 e. The molecular formula is C21H16BrN3O2. The Bertz CT molecular complexity index is 1090. The van der Waals surface area contributed by atoms with Crippen LogP contribution in [0.15, 0.2) is 65.4 Å². The summed E-state index contributed by atoms with van der Waals surface area (Å²) in [6.07, 6.45) is 4.53. The van der Waals surface area contributed by atoms with Crippen LogP contribution in [0.25, 0.3) is 10.8 Å². The zero-order chi connectivity index (χ0) is 18.6. The number of carbonyl (C=O) groups excluding carboxylic acids is 2. The Hall–Kier alpha value is -2.73. The fourth-order valence-corrected chi connectivity index (χ4v) is 4.81. The Kier molecular flexibility index (Phi) is 3.59. The third kappa shape index (κ3) is 2.40. The van der Waals surface area contributed by atoms with Crippen LogP contribution in [0.1, 0.15) is 24.3 Å². The van der Waals surface area contributed by atoms with E-state index < -0.39 is 5.54 Å². The number of urea groups is 1. The lowest BCUT2D eigenvalue weighted by Gasteiger charge is -2.43. The number of fused-ring (bicyclic) bond motifs is 1. The van der Waals surface area contributed by atoms with Crippen molar-refractivity contribution in [1.29, 1.82) is 0 Å². The quantitative estimate of drug-likeness (QED) is 0.624. The predicted molar refractivity (Wildman–Crippen MR) is 107 cm³/mol. The Labute approximate surface area is 164 Å². The van der Waals surface area contributed by atoms with Crippen molar-refractivity contribution in [2.45, 2.75) is 24.3 Å². The second-order valence-corrected chi connectivity index (χ2v) is 8.01. The normalized spacial score (nSPS) is 24.3. The van der Waals surface area contributed by atoms with Crippen molar-refractivity contribution in [1.82, 2.24) is 10.3 Å². The maximum absolute atomic E-state index is 13.2. The van der Waals surface area contributed by atoms with E-state index in [-0.39, 0.29) is 17.9 Å². The van der Waals surface area contributed by atoms with Crippen molar-refractivity contribution in [2.24, 2.45) is 0 Å². The third-order valence-corrected chi connectivity index (χ3v) is 6.31. The molecule has 1 aliphatic carbocycles. The Morgan fingerprint density at radius 2 is 1.78 bits per heavy atom. The number of rotatable bonds is 2. The van der Waals surface area contributed by atoms with Crippen LogP contribution in [-0.2, 0) is 4.79 Å². The van der Waals surface area contributed by atoms with Crippen LogP contribution in [0, 0.1) is 0 Å². The number of amides is 3. The monoisotopic (exact) mass is 421 g/mol. The highest BCUT2D eigenvalue weighted by Gasteiger charge is 2.59. The van der Waals surface area contributed by atoms with Crippen LogP contribution in [0.4, 0.5) is 10.5 Å². The number of hydrogen-bond donors (Lipinski definition) is 1. The second kappa shape index (κ2) is 5.89. The molecule has 5 rings (SSSR count). The van der Waals surface area contributed by atoms with Crippen LogP contribution in [0.5, 0.6) is 0 Å². The lowest BCUT2D eigenvalue weighted by Crippen LogP contribution is -2.56. The topological polar surface area (TPSA) is 62.3 Å². The first-order chi connectivity index (χ1) is 13.1. The molecule has 3 amide bonds. The summed E-state index contributed by atoms with van der Waals surface area (Å²) in [4.78, 5) is 31.4. The number of nitrogens with one attached hydrogen (secondary N) is 1. The minimum Gasteiger partial charge on any atom is -0.323 e. The first-order valence-electron chi connectivity index (χ1n) is 8.83. The molecule has 0 unspecified atom stereocenters. The van der Waals surface area contributed by atoms with Gasteiger partial charge in [0.05, 0.1) is 11.9 Å². The van der Waals surface area contributed by atoms with E-state index in [1.165, 1.54) is 10.5 Å². The predicted octanol–water partition coefficient (Wildman–Crippen LogP) is 4.37. The number of imide groups is 1. The van der Waals surface area contributed by atoms with Gasteiger partial charge in [-0.15, -0.1) is 0 Å². The Balaban J connectivity index is 1.47. The van der Waals surface area contributed by atoms with Crippen molar-refractivity contribution in [3.05, 3.63) is 71.0 Å². The van der Waals surface area contributed by atoms with E-state index in [0.29, 0.717) is 18.5 Å². The molecule has 0 atom stereocenters. The maximum atomic E-state index is 13.2. The molecule has 1 saturated heterocycles. The molecule has 6 heteroatoms. The van der Waals surface area contributed by atoms with Gasteiger partial charge in [0, 0.05) is 21.4 Å². The number of hydrogen-bond acceptors (Lipinski definition) is 3. The van der Waals surface area contributed by atoms with Crippen LogP contribution in [-0.4, -0.2) is 22.5 Å². The lowest BCUT2D eigenvalue weighted by molar-refractivity contribution is -0.125. The van der Waals surface area contributed by atoms with E-state index in [1.807, 2.05) is 42.5 Å². The van der Waals surface area contributed by atoms with E-state index in [1.54, 1.807) is 12.4 Å². The highest BCUT2D eigenvalue weighted by atomic mass is 79.9. The summed E-state index contributed by atoms with van der Waals surface area (Å²) in [7, 11) is 0. The summed E-state index contributed by atoms with van der Waals surface area (Å²) in [6, 6.07) is 15.3. The van der Waals surface area contributed by atoms with Crippen molar-refractivity contribution in [2.75, 3.05) is 4.90 Å². The fraction of sp³-hybridized carbons (Fsp3) is 0.190. The first-order valence-corrected chi connectivity index (χ1v) is 9.62. The van der Waals surface area contributed by atoms with E-state index in [9.17, 15) is 9.59 Å². The molecule has 1 aromatic heterocycles. The van der Waals surface area contributed by atoms with Crippen LogP contribution in [0.3, 0.4) is 0 Å². The van der Waals surface area contributed by atoms with Crippen LogP contribution >= 0.6 is 15.9 Å². The Morgan fingerprint density at radius 3 is 2.59 bits per heavy atom. The molecule has 27 heavy (non-hydrogen) atoms. The molecule has 2 heterocycles.